The highest BCUT2D eigenvalue weighted by Crippen LogP contribution is 2.21. The maximum absolute atomic E-state index is 11.8. The van der Waals surface area contributed by atoms with Crippen LogP contribution in [0.25, 0.3) is 0 Å². The van der Waals surface area contributed by atoms with Gasteiger partial charge in [0.25, 0.3) is 0 Å². The minimum atomic E-state index is -0.518. The van der Waals surface area contributed by atoms with Gasteiger partial charge in [-0.3, -0.25) is 10.1 Å². The number of carbonyl (C=O) groups is 2. The van der Waals surface area contributed by atoms with Crippen molar-refractivity contribution in [1.29, 1.82) is 0 Å². The molecule has 2 rings (SSSR count). The van der Waals surface area contributed by atoms with Crippen LogP contribution in [0.1, 0.15) is 24.1 Å². The number of benzene rings is 2. The first-order valence-electron chi connectivity index (χ1n) is 7.65. The number of imide groups is 1. The zero-order valence-electron chi connectivity index (χ0n) is 13.4. The second kappa shape index (κ2) is 9.05. The number of nitrogens with one attached hydrogen (secondary N) is 3. The van der Waals surface area contributed by atoms with E-state index in [1.807, 2.05) is 55.5 Å². The van der Waals surface area contributed by atoms with E-state index in [1.54, 1.807) is 6.07 Å². The van der Waals surface area contributed by atoms with E-state index in [4.69, 9.17) is 11.6 Å². The van der Waals surface area contributed by atoms with E-state index >= 15 is 0 Å². The summed E-state index contributed by atoms with van der Waals surface area (Å²) in [5, 5.41) is 8.61. The molecule has 0 heterocycles. The van der Waals surface area contributed by atoms with Crippen LogP contribution in [0.4, 0.5) is 4.79 Å². The van der Waals surface area contributed by atoms with Crippen molar-refractivity contribution in [1.82, 2.24) is 16.0 Å². The summed E-state index contributed by atoms with van der Waals surface area (Å²) >= 11 is 6.11. The topological polar surface area (TPSA) is 70.2 Å². The quantitative estimate of drug-likeness (QED) is 0.753. The average molecular weight is 346 g/mol. The molecule has 0 saturated heterocycles. The van der Waals surface area contributed by atoms with Crippen molar-refractivity contribution >= 4 is 23.5 Å². The zero-order valence-corrected chi connectivity index (χ0v) is 14.1. The Labute approximate surface area is 146 Å². The molecular formula is C18H20ClN3O2. The Morgan fingerprint density at radius 1 is 1.04 bits per heavy atom. The second-order valence-electron chi connectivity index (χ2n) is 5.34. The van der Waals surface area contributed by atoms with Crippen LogP contribution in [0.15, 0.2) is 54.6 Å². The molecule has 2 aromatic rings. The summed E-state index contributed by atoms with van der Waals surface area (Å²) in [6.45, 7) is 2.29. The number of carbonyl (C=O) groups excluding carboxylic acids is 2. The van der Waals surface area contributed by atoms with Gasteiger partial charge in [0.15, 0.2) is 0 Å². The third kappa shape index (κ3) is 5.68. The van der Waals surface area contributed by atoms with Crippen molar-refractivity contribution in [2.24, 2.45) is 0 Å². The van der Waals surface area contributed by atoms with Gasteiger partial charge in [0.2, 0.25) is 5.91 Å². The molecule has 1 atom stereocenters. The maximum atomic E-state index is 11.8. The molecule has 0 aliphatic carbocycles. The number of urea groups is 1. The Hall–Kier alpha value is -2.37. The van der Waals surface area contributed by atoms with Crippen molar-refractivity contribution in [3.8, 4) is 0 Å². The highest BCUT2D eigenvalue weighted by atomic mass is 35.5. The van der Waals surface area contributed by atoms with E-state index in [0.717, 1.165) is 11.1 Å². The standard InChI is InChI=1S/C18H20ClN3O2/c1-13(15-9-5-6-10-16(15)19)20-12-17(23)22-18(24)21-11-14-7-3-2-4-8-14/h2-10,13,20H,11-12H2,1H3,(H2,21,22,23,24). The first-order chi connectivity index (χ1) is 11.6. The van der Waals surface area contributed by atoms with Crippen molar-refractivity contribution in [2.45, 2.75) is 19.5 Å². The minimum Gasteiger partial charge on any atom is -0.334 e. The third-order valence-corrected chi connectivity index (χ3v) is 3.83. The van der Waals surface area contributed by atoms with Crippen LogP contribution in [0.3, 0.4) is 0 Å². The summed E-state index contributed by atoms with van der Waals surface area (Å²) in [4.78, 5) is 23.5. The average Bonchev–Trinajstić information content (AvgIpc) is 2.59. The van der Waals surface area contributed by atoms with Crippen molar-refractivity contribution in [3.63, 3.8) is 0 Å². The van der Waals surface area contributed by atoms with Gasteiger partial charge in [0.05, 0.1) is 6.54 Å². The molecule has 3 N–H and O–H groups in total. The summed E-state index contributed by atoms with van der Waals surface area (Å²) in [7, 11) is 0. The monoisotopic (exact) mass is 345 g/mol. The highest BCUT2D eigenvalue weighted by molar-refractivity contribution is 6.31. The molecule has 126 valence electrons. The van der Waals surface area contributed by atoms with E-state index in [9.17, 15) is 9.59 Å². The summed E-state index contributed by atoms with van der Waals surface area (Å²) in [6.07, 6.45) is 0. The lowest BCUT2D eigenvalue weighted by Gasteiger charge is -2.15. The smallest absolute Gasteiger partial charge is 0.321 e. The number of rotatable bonds is 6. The number of halogens is 1. The van der Waals surface area contributed by atoms with Crippen LogP contribution >= 0.6 is 11.6 Å². The van der Waals surface area contributed by atoms with Gasteiger partial charge in [-0.05, 0) is 24.1 Å². The molecule has 0 saturated carbocycles. The Balaban J connectivity index is 1.73. The predicted molar refractivity (Wildman–Crippen MR) is 94.7 cm³/mol. The van der Waals surface area contributed by atoms with Gasteiger partial charge in [0.1, 0.15) is 0 Å². The first kappa shape index (κ1) is 18.0. The summed E-state index contributed by atoms with van der Waals surface area (Å²) in [5.74, 6) is -0.403. The molecule has 5 nitrogen and oxygen atoms in total. The van der Waals surface area contributed by atoms with Crippen LogP contribution in [0, 0.1) is 0 Å². The Morgan fingerprint density at radius 2 is 1.71 bits per heavy atom. The first-order valence-corrected chi connectivity index (χ1v) is 8.03. The van der Waals surface area contributed by atoms with Crippen LogP contribution in [-0.4, -0.2) is 18.5 Å². The molecule has 1 unspecified atom stereocenters. The van der Waals surface area contributed by atoms with Gasteiger partial charge in [-0.15, -0.1) is 0 Å². The lowest BCUT2D eigenvalue weighted by molar-refractivity contribution is -0.119. The molecule has 0 aliphatic heterocycles. The third-order valence-electron chi connectivity index (χ3n) is 3.49. The Kier molecular flexibility index (Phi) is 6.78. The number of amides is 3. The molecule has 3 amide bonds. The van der Waals surface area contributed by atoms with Gasteiger partial charge in [-0.25, -0.2) is 4.79 Å². The number of hydrogen-bond acceptors (Lipinski definition) is 3. The molecule has 0 fully saturated rings. The molecule has 0 aromatic heterocycles. The van der Waals surface area contributed by atoms with Crippen LogP contribution < -0.4 is 16.0 Å². The lowest BCUT2D eigenvalue weighted by atomic mass is 10.1. The van der Waals surface area contributed by atoms with Gasteiger partial charge in [-0.1, -0.05) is 60.1 Å². The van der Waals surface area contributed by atoms with Crippen molar-refractivity contribution in [2.75, 3.05) is 6.54 Å². The van der Waals surface area contributed by atoms with Gasteiger partial charge < -0.3 is 10.6 Å². The molecule has 24 heavy (non-hydrogen) atoms. The van der Waals surface area contributed by atoms with Gasteiger partial charge >= 0.3 is 6.03 Å². The fourth-order valence-electron chi connectivity index (χ4n) is 2.18. The normalized spacial score (nSPS) is 11.6. The molecule has 0 aliphatic rings. The Bertz CT molecular complexity index is 692. The van der Waals surface area contributed by atoms with Gasteiger partial charge in [-0.2, -0.15) is 0 Å². The lowest BCUT2D eigenvalue weighted by Crippen LogP contribution is -2.43. The SMILES string of the molecule is CC(NCC(=O)NC(=O)NCc1ccccc1)c1ccccc1Cl. The maximum Gasteiger partial charge on any atom is 0.321 e. The van der Waals surface area contributed by atoms with Gasteiger partial charge in [0, 0.05) is 17.6 Å². The summed E-state index contributed by atoms with van der Waals surface area (Å²) in [6, 6.07) is 16.3. The second-order valence-corrected chi connectivity index (χ2v) is 5.75. The van der Waals surface area contributed by atoms with Crippen LogP contribution in [0.2, 0.25) is 5.02 Å². The molecule has 0 bridgehead atoms. The van der Waals surface area contributed by atoms with Crippen LogP contribution in [-0.2, 0) is 11.3 Å². The van der Waals surface area contributed by atoms with E-state index in [-0.39, 0.29) is 12.6 Å². The van der Waals surface area contributed by atoms with Crippen molar-refractivity contribution in [3.05, 3.63) is 70.7 Å². The van der Waals surface area contributed by atoms with E-state index in [0.29, 0.717) is 11.6 Å². The predicted octanol–water partition coefficient (Wildman–Crippen LogP) is 3.02. The minimum absolute atomic E-state index is 0.0190. The fraction of sp³-hybridized carbons (Fsp3) is 0.222. The molecule has 6 heteroatoms. The van der Waals surface area contributed by atoms with E-state index in [1.165, 1.54) is 0 Å². The van der Waals surface area contributed by atoms with Crippen molar-refractivity contribution < 1.29 is 9.59 Å². The fourth-order valence-corrected chi connectivity index (χ4v) is 2.47. The van der Waals surface area contributed by atoms with E-state index < -0.39 is 11.9 Å². The molecular weight excluding hydrogens is 326 g/mol. The zero-order chi connectivity index (χ0) is 17.4. The molecule has 0 spiro atoms. The Morgan fingerprint density at radius 3 is 2.42 bits per heavy atom. The largest absolute Gasteiger partial charge is 0.334 e. The summed E-state index contributed by atoms with van der Waals surface area (Å²) in [5.41, 5.74) is 1.87. The number of hydrogen-bond donors (Lipinski definition) is 3. The van der Waals surface area contributed by atoms with Crippen LogP contribution in [0.5, 0.6) is 0 Å². The molecule has 0 radical (unpaired) electrons. The summed E-state index contributed by atoms with van der Waals surface area (Å²) < 4.78 is 0. The highest BCUT2D eigenvalue weighted by Gasteiger charge is 2.12. The van der Waals surface area contributed by atoms with E-state index in [2.05, 4.69) is 16.0 Å². The molecule has 2 aromatic carbocycles.